The minimum absolute atomic E-state index is 0.0510. The summed E-state index contributed by atoms with van der Waals surface area (Å²) in [4.78, 5) is 14.4. The van der Waals surface area contributed by atoms with Crippen molar-refractivity contribution in [1.82, 2.24) is 24.5 Å². The lowest BCUT2D eigenvalue weighted by Crippen LogP contribution is -2.34. The molecule has 2 fully saturated rings. The van der Waals surface area contributed by atoms with Crippen molar-refractivity contribution in [1.29, 1.82) is 0 Å². The van der Waals surface area contributed by atoms with Crippen molar-refractivity contribution in [2.24, 2.45) is 0 Å². The highest BCUT2D eigenvalue weighted by Gasteiger charge is 2.39. The number of amides is 1. The van der Waals surface area contributed by atoms with Gasteiger partial charge in [-0.3, -0.25) is 14.2 Å². The molecule has 2 aromatic heterocycles. The minimum Gasteiger partial charge on any atom is -0.371 e. The van der Waals surface area contributed by atoms with Gasteiger partial charge in [0.05, 0.1) is 24.9 Å². The monoisotopic (exact) mass is 345 g/mol. The van der Waals surface area contributed by atoms with Gasteiger partial charge in [0, 0.05) is 31.2 Å². The number of carbonyl (C=O) groups excluding carboxylic acids is 1. The number of ether oxygens (including phenoxy) is 2. The molecule has 2 aliphatic heterocycles. The van der Waals surface area contributed by atoms with Crippen LogP contribution in [0.15, 0.2) is 24.5 Å². The molecule has 0 aromatic carbocycles. The lowest BCUT2D eigenvalue weighted by Gasteiger charge is -2.19. The molecular weight excluding hydrogens is 322 g/mol. The Morgan fingerprint density at radius 2 is 1.96 bits per heavy atom. The molecule has 4 rings (SSSR count). The summed E-state index contributed by atoms with van der Waals surface area (Å²) in [5, 5.41) is 8.62. The van der Waals surface area contributed by atoms with E-state index in [1.807, 2.05) is 41.8 Å². The van der Waals surface area contributed by atoms with E-state index in [1.165, 1.54) is 0 Å². The number of aryl methyl sites for hydroxylation is 2. The Hall–Kier alpha value is -2.19. The number of rotatable bonds is 3. The number of aromatic nitrogens is 4. The molecule has 0 N–H and O–H groups in total. The Kier molecular flexibility index (Phi) is 4.30. The van der Waals surface area contributed by atoms with E-state index in [2.05, 4.69) is 10.2 Å². The van der Waals surface area contributed by atoms with Crippen LogP contribution in [0.1, 0.15) is 17.4 Å². The smallest absolute Gasteiger partial charge is 0.244 e. The summed E-state index contributed by atoms with van der Waals surface area (Å²) in [6.45, 7) is 6.37. The fourth-order valence-electron chi connectivity index (χ4n) is 3.50. The molecule has 0 saturated carbocycles. The van der Waals surface area contributed by atoms with Crippen LogP contribution in [0.3, 0.4) is 0 Å². The SMILES string of the molecule is Cc1cc(C)n(CC(=O)N2C[C@@H]3OCC(n4cccn4)CO[C@H]3C2)n1. The molecule has 2 atom stereocenters. The summed E-state index contributed by atoms with van der Waals surface area (Å²) in [6.07, 6.45) is 3.52. The van der Waals surface area contributed by atoms with Crippen molar-refractivity contribution in [3.63, 3.8) is 0 Å². The predicted molar refractivity (Wildman–Crippen MR) is 89.0 cm³/mol. The van der Waals surface area contributed by atoms with Crippen LogP contribution in [0.2, 0.25) is 0 Å². The maximum absolute atomic E-state index is 12.6. The molecular formula is C17H23N5O3. The zero-order valence-corrected chi connectivity index (χ0v) is 14.5. The third-order valence-corrected chi connectivity index (χ3v) is 4.86. The maximum atomic E-state index is 12.6. The topological polar surface area (TPSA) is 74.4 Å². The van der Waals surface area contributed by atoms with E-state index in [4.69, 9.17) is 9.47 Å². The van der Waals surface area contributed by atoms with Crippen LogP contribution < -0.4 is 0 Å². The van der Waals surface area contributed by atoms with E-state index >= 15 is 0 Å². The summed E-state index contributed by atoms with van der Waals surface area (Å²) in [6, 6.07) is 3.95. The first-order valence-corrected chi connectivity index (χ1v) is 8.61. The second-order valence-corrected chi connectivity index (χ2v) is 6.77. The minimum atomic E-state index is -0.0787. The number of hydrogen-bond acceptors (Lipinski definition) is 5. The molecule has 25 heavy (non-hydrogen) atoms. The molecule has 2 saturated heterocycles. The van der Waals surface area contributed by atoms with Crippen LogP contribution in [0, 0.1) is 13.8 Å². The van der Waals surface area contributed by atoms with Crippen molar-refractivity contribution in [2.75, 3.05) is 26.3 Å². The molecule has 4 heterocycles. The van der Waals surface area contributed by atoms with Gasteiger partial charge in [-0.25, -0.2) is 0 Å². The van der Waals surface area contributed by atoms with Crippen LogP contribution in [0.25, 0.3) is 0 Å². The van der Waals surface area contributed by atoms with Crippen LogP contribution in [-0.4, -0.2) is 68.9 Å². The third-order valence-electron chi connectivity index (χ3n) is 4.86. The molecule has 8 nitrogen and oxygen atoms in total. The van der Waals surface area contributed by atoms with Crippen molar-refractivity contribution in [2.45, 2.75) is 38.6 Å². The highest BCUT2D eigenvalue weighted by molar-refractivity contribution is 5.76. The van der Waals surface area contributed by atoms with Crippen molar-refractivity contribution < 1.29 is 14.3 Å². The van der Waals surface area contributed by atoms with Crippen LogP contribution in [0.5, 0.6) is 0 Å². The third kappa shape index (κ3) is 3.32. The highest BCUT2D eigenvalue weighted by atomic mass is 16.6. The fourth-order valence-corrected chi connectivity index (χ4v) is 3.50. The molecule has 0 unspecified atom stereocenters. The van der Waals surface area contributed by atoms with Crippen molar-refractivity contribution >= 4 is 5.91 Å². The zero-order chi connectivity index (χ0) is 17.4. The molecule has 2 aliphatic rings. The summed E-state index contributed by atoms with van der Waals surface area (Å²) >= 11 is 0. The number of carbonyl (C=O) groups is 1. The Labute approximate surface area is 146 Å². The van der Waals surface area contributed by atoms with E-state index in [9.17, 15) is 4.79 Å². The summed E-state index contributed by atoms with van der Waals surface area (Å²) in [5.74, 6) is 0.0510. The van der Waals surface area contributed by atoms with Gasteiger partial charge in [0.25, 0.3) is 0 Å². The first-order valence-electron chi connectivity index (χ1n) is 8.61. The fraction of sp³-hybridized carbons (Fsp3) is 0.588. The molecule has 0 aliphatic carbocycles. The molecule has 134 valence electrons. The normalized spacial score (nSPS) is 24.3. The van der Waals surface area contributed by atoms with Crippen molar-refractivity contribution in [3.8, 4) is 0 Å². The molecule has 8 heteroatoms. The number of fused-ring (bicyclic) bond motifs is 1. The predicted octanol–water partition coefficient (Wildman–Crippen LogP) is 0.564. The second kappa shape index (κ2) is 6.61. The number of likely N-dealkylation sites (tertiary alicyclic amines) is 1. The molecule has 0 bridgehead atoms. The van der Waals surface area contributed by atoms with Gasteiger partial charge in [0.15, 0.2) is 0 Å². The maximum Gasteiger partial charge on any atom is 0.244 e. The van der Waals surface area contributed by atoms with Gasteiger partial charge in [-0.15, -0.1) is 0 Å². The van der Waals surface area contributed by atoms with Crippen LogP contribution in [-0.2, 0) is 20.8 Å². The van der Waals surface area contributed by atoms with Gasteiger partial charge in [0.1, 0.15) is 18.8 Å². The first-order chi connectivity index (χ1) is 12.1. The van der Waals surface area contributed by atoms with Gasteiger partial charge in [0.2, 0.25) is 5.91 Å². The molecule has 0 radical (unpaired) electrons. The van der Waals surface area contributed by atoms with Crippen LogP contribution in [0.4, 0.5) is 0 Å². The Morgan fingerprint density at radius 3 is 2.52 bits per heavy atom. The second-order valence-electron chi connectivity index (χ2n) is 6.77. The molecule has 0 spiro atoms. The number of nitrogens with zero attached hydrogens (tertiary/aromatic N) is 5. The Morgan fingerprint density at radius 1 is 1.24 bits per heavy atom. The first kappa shape index (κ1) is 16.3. The van der Waals surface area contributed by atoms with E-state index in [1.54, 1.807) is 10.9 Å². The van der Waals surface area contributed by atoms with E-state index in [0.29, 0.717) is 26.3 Å². The highest BCUT2D eigenvalue weighted by Crippen LogP contribution is 2.24. The van der Waals surface area contributed by atoms with E-state index in [-0.39, 0.29) is 30.7 Å². The van der Waals surface area contributed by atoms with Crippen LogP contribution >= 0.6 is 0 Å². The zero-order valence-electron chi connectivity index (χ0n) is 14.5. The van der Waals surface area contributed by atoms with Crippen molar-refractivity contribution in [3.05, 3.63) is 35.9 Å². The van der Waals surface area contributed by atoms with E-state index in [0.717, 1.165) is 11.4 Å². The summed E-state index contributed by atoms with van der Waals surface area (Å²) < 4.78 is 15.7. The lowest BCUT2D eigenvalue weighted by atomic mass is 10.3. The largest absolute Gasteiger partial charge is 0.371 e. The van der Waals surface area contributed by atoms with E-state index < -0.39 is 0 Å². The van der Waals surface area contributed by atoms with Gasteiger partial charge in [-0.05, 0) is 26.0 Å². The Bertz CT molecular complexity index is 726. The lowest BCUT2D eigenvalue weighted by molar-refractivity contribution is -0.131. The van der Waals surface area contributed by atoms with Gasteiger partial charge in [-0.2, -0.15) is 10.2 Å². The standard InChI is InChI=1S/C17H23N5O3/c1-12-6-13(2)22(19-12)9-17(23)20-7-15-16(8-20)25-11-14(10-24-15)21-5-3-4-18-21/h3-6,14-16H,7-11H2,1-2H3/t15-,16-/m0/s1. The molecule has 1 amide bonds. The molecule has 2 aromatic rings. The Balaban J connectivity index is 1.36. The average molecular weight is 345 g/mol. The van der Waals surface area contributed by atoms with Gasteiger partial charge in [-0.1, -0.05) is 0 Å². The average Bonchev–Trinajstić information content (AvgIpc) is 3.28. The summed E-state index contributed by atoms with van der Waals surface area (Å²) in [5.41, 5.74) is 1.92. The number of hydrogen-bond donors (Lipinski definition) is 0. The van der Waals surface area contributed by atoms with Gasteiger partial charge < -0.3 is 14.4 Å². The van der Waals surface area contributed by atoms with Gasteiger partial charge >= 0.3 is 0 Å². The summed E-state index contributed by atoms with van der Waals surface area (Å²) in [7, 11) is 0. The quantitative estimate of drug-likeness (QED) is 0.813.